The summed E-state index contributed by atoms with van der Waals surface area (Å²) in [5.74, 6) is 0.331. The van der Waals surface area contributed by atoms with Gasteiger partial charge in [0.1, 0.15) is 12.4 Å². The van der Waals surface area contributed by atoms with Crippen LogP contribution in [0.2, 0.25) is 0 Å². The topological polar surface area (TPSA) is 122 Å². The Balaban J connectivity index is 1.36. The molecule has 1 saturated heterocycles. The van der Waals surface area contributed by atoms with Crippen LogP contribution >= 0.6 is 0 Å². The van der Waals surface area contributed by atoms with Crippen molar-refractivity contribution in [2.45, 2.75) is 25.0 Å². The number of hydrogen-bond donors (Lipinski definition) is 1. The third-order valence-corrected chi connectivity index (χ3v) is 5.12. The van der Waals surface area contributed by atoms with Gasteiger partial charge in [-0.2, -0.15) is 9.97 Å². The van der Waals surface area contributed by atoms with Crippen LogP contribution in [0.4, 0.5) is 10.3 Å². The van der Waals surface area contributed by atoms with Crippen LogP contribution in [0.5, 0.6) is 0 Å². The second kappa shape index (κ2) is 7.30. The molecule has 0 unspecified atom stereocenters. The van der Waals surface area contributed by atoms with Gasteiger partial charge in [0.15, 0.2) is 11.5 Å². The number of pyridine rings is 1. The van der Waals surface area contributed by atoms with E-state index >= 15 is 0 Å². The number of nitrogen functional groups attached to an aromatic ring is 1. The molecule has 0 radical (unpaired) electrons. The van der Waals surface area contributed by atoms with E-state index < -0.39 is 0 Å². The number of halogens is 1. The molecule has 0 amide bonds. The van der Waals surface area contributed by atoms with Crippen LogP contribution in [0, 0.1) is 5.82 Å². The van der Waals surface area contributed by atoms with Crippen LogP contribution in [-0.4, -0.2) is 31.3 Å². The van der Waals surface area contributed by atoms with E-state index in [2.05, 4.69) is 20.1 Å². The molecular formula is C20H17FN6O3. The summed E-state index contributed by atoms with van der Waals surface area (Å²) in [7, 11) is 0. The number of aromatic nitrogens is 5. The first-order valence-electron chi connectivity index (χ1n) is 9.39. The van der Waals surface area contributed by atoms with Crippen molar-refractivity contribution in [1.29, 1.82) is 0 Å². The van der Waals surface area contributed by atoms with Crippen molar-refractivity contribution in [2.75, 3.05) is 12.3 Å². The molecule has 3 aromatic heterocycles. The summed E-state index contributed by atoms with van der Waals surface area (Å²) < 4.78 is 25.9. The maximum atomic E-state index is 13.5. The molecule has 9 nitrogen and oxygen atoms in total. The van der Waals surface area contributed by atoms with E-state index in [4.69, 9.17) is 15.0 Å². The highest BCUT2D eigenvalue weighted by atomic mass is 19.1. The van der Waals surface area contributed by atoms with Crippen molar-refractivity contribution in [1.82, 2.24) is 24.7 Å². The zero-order valence-electron chi connectivity index (χ0n) is 15.7. The summed E-state index contributed by atoms with van der Waals surface area (Å²) in [6, 6.07) is 9.64. The van der Waals surface area contributed by atoms with Crippen LogP contribution in [0.25, 0.3) is 11.0 Å². The van der Waals surface area contributed by atoms with Gasteiger partial charge in [-0.25, -0.2) is 9.37 Å². The van der Waals surface area contributed by atoms with Crippen LogP contribution < -0.4 is 11.3 Å². The van der Waals surface area contributed by atoms with Gasteiger partial charge in [0.05, 0.1) is 18.1 Å². The van der Waals surface area contributed by atoms with Gasteiger partial charge in [-0.05, 0) is 36.2 Å². The van der Waals surface area contributed by atoms with Gasteiger partial charge in [0.2, 0.25) is 11.8 Å². The zero-order valence-corrected chi connectivity index (χ0v) is 15.7. The first-order valence-corrected chi connectivity index (χ1v) is 9.39. The molecule has 2 atom stereocenters. The second-order valence-corrected chi connectivity index (χ2v) is 7.09. The maximum absolute atomic E-state index is 13.5. The summed E-state index contributed by atoms with van der Waals surface area (Å²) in [4.78, 5) is 25.3. The van der Waals surface area contributed by atoms with Gasteiger partial charge in [0, 0.05) is 12.1 Å². The third-order valence-electron chi connectivity index (χ3n) is 5.12. The third kappa shape index (κ3) is 3.30. The Hall–Kier alpha value is -3.66. The highest BCUT2D eigenvalue weighted by Crippen LogP contribution is 2.37. The minimum atomic E-state index is -0.333. The van der Waals surface area contributed by atoms with Crippen LogP contribution in [0.15, 0.2) is 51.9 Å². The van der Waals surface area contributed by atoms with E-state index in [-0.39, 0.29) is 47.4 Å². The lowest BCUT2D eigenvalue weighted by atomic mass is 10.00. The van der Waals surface area contributed by atoms with E-state index in [9.17, 15) is 9.18 Å². The lowest BCUT2D eigenvalue weighted by Gasteiger charge is -2.09. The lowest BCUT2D eigenvalue weighted by Crippen LogP contribution is -2.25. The van der Waals surface area contributed by atoms with Crippen molar-refractivity contribution in [3.05, 3.63) is 76.0 Å². The fraction of sp³-hybridized carbons (Fsp3) is 0.250. The lowest BCUT2D eigenvalue weighted by molar-refractivity contribution is 0.109. The van der Waals surface area contributed by atoms with Crippen LogP contribution in [-0.2, 0) is 11.3 Å². The molecule has 0 bridgehead atoms. The van der Waals surface area contributed by atoms with E-state index in [1.165, 1.54) is 16.7 Å². The number of benzene rings is 1. The van der Waals surface area contributed by atoms with Gasteiger partial charge in [-0.15, -0.1) is 0 Å². The maximum Gasteiger partial charge on any atom is 0.264 e. The summed E-state index contributed by atoms with van der Waals surface area (Å²) >= 11 is 0. The molecule has 1 aliphatic heterocycles. The number of nitrogens with two attached hydrogens (primary N) is 1. The second-order valence-electron chi connectivity index (χ2n) is 7.09. The standard InChI is InChI=1S/C20H17FN6O3/c21-13-4-1-3-11(7-13)15-8-12(10-29-15)17-24-16(30-26-17)9-27-19(28)14-5-2-6-23-18(14)25-20(27)22/h1-7,12,15H,8-10H2,(H2,22,23,25)/t12-,15+/m0/s1. The molecular weight excluding hydrogens is 391 g/mol. The van der Waals surface area contributed by atoms with Crippen LogP contribution in [0.1, 0.15) is 35.7 Å². The molecule has 30 heavy (non-hydrogen) atoms. The summed E-state index contributed by atoms with van der Waals surface area (Å²) in [5.41, 5.74) is 6.66. The molecule has 1 fully saturated rings. The highest BCUT2D eigenvalue weighted by molar-refractivity contribution is 5.74. The fourth-order valence-corrected chi connectivity index (χ4v) is 3.60. The Kier molecular flexibility index (Phi) is 4.47. The number of hydrogen-bond acceptors (Lipinski definition) is 8. The van der Waals surface area contributed by atoms with Gasteiger partial charge >= 0.3 is 0 Å². The predicted molar refractivity (Wildman–Crippen MR) is 104 cm³/mol. The Morgan fingerprint density at radius 2 is 2.13 bits per heavy atom. The average molecular weight is 408 g/mol. The van der Waals surface area contributed by atoms with Crippen molar-refractivity contribution >= 4 is 17.0 Å². The molecule has 1 aromatic carbocycles. The SMILES string of the molecule is Nc1nc2ncccc2c(=O)n1Cc1nc([C@@H]2CO[C@@H](c3cccc(F)c3)C2)no1. The zero-order chi connectivity index (χ0) is 20.7. The largest absolute Gasteiger partial charge is 0.373 e. The van der Waals surface area contributed by atoms with E-state index in [0.717, 1.165) is 5.56 Å². The fourth-order valence-electron chi connectivity index (χ4n) is 3.60. The predicted octanol–water partition coefficient (Wildman–Crippen LogP) is 2.19. The number of anilines is 1. The average Bonchev–Trinajstić information content (AvgIpc) is 3.41. The minimum absolute atomic E-state index is 0.00357. The van der Waals surface area contributed by atoms with Crippen LogP contribution in [0.3, 0.4) is 0 Å². The minimum Gasteiger partial charge on any atom is -0.373 e. The first kappa shape index (κ1) is 18.4. The molecule has 152 valence electrons. The number of fused-ring (bicyclic) bond motifs is 1. The molecule has 4 aromatic rings. The molecule has 2 N–H and O–H groups in total. The number of rotatable bonds is 4. The Morgan fingerprint density at radius 1 is 1.23 bits per heavy atom. The molecule has 4 heterocycles. The molecule has 5 rings (SSSR count). The summed E-state index contributed by atoms with van der Waals surface area (Å²) in [6.07, 6.45) is 1.92. The normalized spacial score (nSPS) is 18.8. The highest BCUT2D eigenvalue weighted by Gasteiger charge is 2.31. The molecule has 1 aliphatic rings. The van der Waals surface area contributed by atoms with E-state index in [1.807, 2.05) is 6.07 Å². The monoisotopic (exact) mass is 408 g/mol. The van der Waals surface area contributed by atoms with Crippen molar-refractivity contribution in [2.24, 2.45) is 0 Å². The number of nitrogens with zero attached hydrogens (tertiary/aromatic N) is 5. The van der Waals surface area contributed by atoms with Gasteiger partial charge in [-0.3, -0.25) is 9.36 Å². The number of ether oxygens (including phenoxy) is 1. The molecule has 0 spiro atoms. The Labute approximate surface area is 169 Å². The summed E-state index contributed by atoms with van der Waals surface area (Å²) in [5, 5.41) is 4.39. The Morgan fingerprint density at radius 3 is 3.00 bits per heavy atom. The van der Waals surface area contributed by atoms with E-state index in [0.29, 0.717) is 24.2 Å². The summed E-state index contributed by atoms with van der Waals surface area (Å²) in [6.45, 7) is 0.391. The Bertz CT molecular complexity index is 1290. The molecule has 10 heteroatoms. The smallest absolute Gasteiger partial charge is 0.264 e. The first-order chi connectivity index (χ1) is 14.6. The van der Waals surface area contributed by atoms with Crippen molar-refractivity contribution < 1.29 is 13.7 Å². The van der Waals surface area contributed by atoms with Gasteiger partial charge in [-0.1, -0.05) is 17.3 Å². The van der Waals surface area contributed by atoms with Crippen molar-refractivity contribution in [3.63, 3.8) is 0 Å². The quantitative estimate of drug-likeness (QED) is 0.545. The van der Waals surface area contributed by atoms with E-state index in [1.54, 1.807) is 24.4 Å². The molecule has 0 saturated carbocycles. The van der Waals surface area contributed by atoms with Crippen molar-refractivity contribution in [3.8, 4) is 0 Å². The van der Waals surface area contributed by atoms with Gasteiger partial charge < -0.3 is 15.0 Å². The van der Waals surface area contributed by atoms with Gasteiger partial charge in [0.25, 0.3) is 5.56 Å². The molecule has 0 aliphatic carbocycles.